The van der Waals surface area contributed by atoms with Gasteiger partial charge in [-0.25, -0.2) is 0 Å². The van der Waals surface area contributed by atoms with E-state index in [0.29, 0.717) is 6.42 Å². The number of allylic oxidation sites excluding steroid dienone is 4. The number of aldehydes is 1. The third kappa shape index (κ3) is 14.1. The molecule has 168 valence electrons. The van der Waals surface area contributed by atoms with Gasteiger partial charge in [-0.2, -0.15) is 0 Å². The Bertz CT molecular complexity index is 678. The molecule has 0 saturated carbocycles. The number of hydrogen-bond acceptors (Lipinski definition) is 2. The molecule has 2 nitrogen and oxygen atoms in total. The molecule has 0 radical (unpaired) electrons. The Morgan fingerprint density at radius 2 is 1.57 bits per heavy atom. The minimum atomic E-state index is -0.726. The van der Waals surface area contributed by atoms with Gasteiger partial charge in [-0.1, -0.05) is 74.4 Å². The highest BCUT2D eigenvalue weighted by molar-refractivity contribution is 5.50. The van der Waals surface area contributed by atoms with Crippen molar-refractivity contribution in [3.8, 4) is 0 Å². The molecule has 1 atom stereocenters. The van der Waals surface area contributed by atoms with E-state index < -0.39 is 5.60 Å². The maximum atomic E-state index is 10.2. The van der Waals surface area contributed by atoms with Crippen LogP contribution in [0.3, 0.4) is 0 Å². The summed E-state index contributed by atoms with van der Waals surface area (Å²) in [6.07, 6.45) is 12.4. The van der Waals surface area contributed by atoms with Gasteiger partial charge in [-0.15, -0.1) is 6.58 Å². The molecule has 1 aromatic carbocycles. The van der Waals surface area contributed by atoms with Crippen molar-refractivity contribution in [1.29, 1.82) is 0 Å². The number of carbonyl (C=O) groups excluding carboxylic acids is 1. The maximum Gasteiger partial charge on any atom is 0.120 e. The smallest absolute Gasteiger partial charge is 0.120 e. The van der Waals surface area contributed by atoms with Gasteiger partial charge in [0.15, 0.2) is 0 Å². The lowest BCUT2D eigenvalue weighted by molar-refractivity contribution is -0.107. The fraction of sp³-hybridized carbons (Fsp3) is 0.536. The fourth-order valence-electron chi connectivity index (χ4n) is 2.80. The van der Waals surface area contributed by atoms with Crippen molar-refractivity contribution in [2.75, 3.05) is 0 Å². The molecule has 1 rings (SSSR count). The summed E-state index contributed by atoms with van der Waals surface area (Å²) in [6.45, 7) is 18.4. The highest BCUT2D eigenvalue weighted by atomic mass is 16.3. The SMILES string of the molecule is C=CC(C)(O)CC/C=C(/C)CCC=C(C)C.CC(C)(C)c1ccc(CCC=O)cc1. The van der Waals surface area contributed by atoms with Crippen LogP contribution in [0.1, 0.15) is 91.7 Å². The normalized spacial score (nSPS) is 13.5. The van der Waals surface area contributed by atoms with Crippen LogP contribution in [0.15, 0.2) is 60.2 Å². The molecule has 0 aliphatic heterocycles. The van der Waals surface area contributed by atoms with Crippen LogP contribution >= 0.6 is 0 Å². The zero-order valence-corrected chi connectivity index (χ0v) is 20.4. The van der Waals surface area contributed by atoms with Crippen LogP contribution in [0.2, 0.25) is 0 Å². The lowest BCUT2D eigenvalue weighted by Gasteiger charge is -2.19. The van der Waals surface area contributed by atoms with Crippen LogP contribution in [0.25, 0.3) is 0 Å². The van der Waals surface area contributed by atoms with Crippen LogP contribution in [-0.2, 0) is 16.6 Å². The number of benzene rings is 1. The highest BCUT2D eigenvalue weighted by Gasteiger charge is 2.13. The van der Waals surface area contributed by atoms with Crippen LogP contribution in [0, 0.1) is 0 Å². The first-order valence-electron chi connectivity index (χ1n) is 11.1. The first-order valence-corrected chi connectivity index (χ1v) is 11.1. The van der Waals surface area contributed by atoms with Crippen LogP contribution in [-0.4, -0.2) is 17.0 Å². The summed E-state index contributed by atoms with van der Waals surface area (Å²) >= 11 is 0. The molecule has 0 bridgehead atoms. The molecule has 1 N–H and O–H groups in total. The zero-order valence-electron chi connectivity index (χ0n) is 20.4. The number of carbonyl (C=O) groups is 1. The monoisotopic (exact) mass is 412 g/mol. The standard InChI is InChI=1S/C15H26O.C13H18O/c1-6-15(5,16)12-8-11-14(4)10-7-9-13(2)3;1-13(2,3)12-8-6-11(7-9-12)5-4-10-14/h6,9,11,16H,1,7-8,10,12H2,2-5H3;6-10H,4-5H2,1-3H3/b14-11-;. The van der Waals surface area contributed by atoms with E-state index in [9.17, 15) is 9.90 Å². The lowest BCUT2D eigenvalue weighted by Crippen LogP contribution is -2.19. The quantitative estimate of drug-likeness (QED) is 0.319. The van der Waals surface area contributed by atoms with Gasteiger partial charge in [0, 0.05) is 6.42 Å². The molecule has 0 aliphatic carbocycles. The molecule has 0 fully saturated rings. The molecule has 0 aromatic heterocycles. The topological polar surface area (TPSA) is 37.3 Å². The Labute approximate surface area is 185 Å². The van der Waals surface area contributed by atoms with Crippen LogP contribution in [0.4, 0.5) is 0 Å². The average Bonchev–Trinajstić information content (AvgIpc) is 2.66. The Morgan fingerprint density at radius 1 is 0.967 bits per heavy atom. The van der Waals surface area contributed by atoms with Gasteiger partial charge < -0.3 is 9.90 Å². The van der Waals surface area contributed by atoms with Crippen molar-refractivity contribution >= 4 is 6.29 Å². The number of aliphatic hydroxyl groups is 1. The molecule has 0 heterocycles. The fourth-order valence-corrected chi connectivity index (χ4v) is 2.80. The van der Waals surface area contributed by atoms with Gasteiger partial charge >= 0.3 is 0 Å². The molecule has 0 spiro atoms. The number of aryl methyl sites for hydroxylation is 1. The molecular formula is C28H44O2. The average molecular weight is 413 g/mol. The molecule has 0 amide bonds. The van der Waals surface area contributed by atoms with Gasteiger partial charge in [0.1, 0.15) is 6.29 Å². The molecule has 1 aromatic rings. The first kappa shape index (κ1) is 28.1. The Kier molecular flexibility index (Phi) is 13.2. The van der Waals surface area contributed by atoms with Crippen molar-refractivity contribution in [3.63, 3.8) is 0 Å². The Balaban J connectivity index is 0.000000564. The molecule has 2 heteroatoms. The minimum Gasteiger partial charge on any atom is -0.386 e. The van der Waals surface area contributed by atoms with E-state index in [4.69, 9.17) is 0 Å². The van der Waals surface area contributed by atoms with Crippen molar-refractivity contribution < 1.29 is 9.90 Å². The summed E-state index contributed by atoms with van der Waals surface area (Å²) in [7, 11) is 0. The maximum absolute atomic E-state index is 10.2. The first-order chi connectivity index (χ1) is 13.9. The van der Waals surface area contributed by atoms with Crippen molar-refractivity contribution in [2.24, 2.45) is 0 Å². The van der Waals surface area contributed by atoms with Gasteiger partial charge in [-0.3, -0.25) is 0 Å². The summed E-state index contributed by atoms with van der Waals surface area (Å²) in [5, 5.41) is 9.73. The van der Waals surface area contributed by atoms with E-state index in [1.807, 2.05) is 0 Å². The third-order valence-corrected chi connectivity index (χ3v) is 5.05. The summed E-state index contributed by atoms with van der Waals surface area (Å²) in [5.74, 6) is 0. The molecular weight excluding hydrogens is 368 g/mol. The second-order valence-electron chi connectivity index (χ2n) is 9.62. The Morgan fingerprint density at radius 3 is 2.03 bits per heavy atom. The van der Waals surface area contributed by atoms with Crippen LogP contribution < -0.4 is 0 Å². The van der Waals surface area contributed by atoms with Crippen molar-refractivity contribution in [2.45, 2.75) is 98.0 Å². The Hall–Kier alpha value is -1.93. The summed E-state index contributed by atoms with van der Waals surface area (Å²) in [5.41, 5.74) is 4.84. The van der Waals surface area contributed by atoms with Crippen LogP contribution in [0.5, 0.6) is 0 Å². The van der Waals surface area contributed by atoms with E-state index in [1.165, 1.54) is 22.3 Å². The van der Waals surface area contributed by atoms with Crippen molar-refractivity contribution in [1.82, 2.24) is 0 Å². The van der Waals surface area contributed by atoms with Crippen molar-refractivity contribution in [3.05, 3.63) is 71.3 Å². The summed E-state index contributed by atoms with van der Waals surface area (Å²) in [4.78, 5) is 10.2. The van der Waals surface area contributed by atoms with Gasteiger partial charge in [0.2, 0.25) is 0 Å². The van der Waals surface area contributed by atoms with E-state index in [0.717, 1.165) is 38.4 Å². The predicted octanol–water partition coefficient (Wildman–Crippen LogP) is 7.51. The van der Waals surface area contributed by atoms with Gasteiger partial charge in [-0.05, 0) is 76.3 Å². The second kappa shape index (κ2) is 14.1. The van der Waals surface area contributed by atoms with E-state index in [2.05, 4.69) is 84.5 Å². The lowest BCUT2D eigenvalue weighted by atomic mass is 9.86. The summed E-state index contributed by atoms with van der Waals surface area (Å²) in [6, 6.07) is 8.54. The summed E-state index contributed by atoms with van der Waals surface area (Å²) < 4.78 is 0. The highest BCUT2D eigenvalue weighted by Crippen LogP contribution is 2.22. The molecule has 0 aliphatic rings. The number of rotatable bonds is 10. The second-order valence-corrected chi connectivity index (χ2v) is 9.62. The minimum absolute atomic E-state index is 0.211. The van der Waals surface area contributed by atoms with E-state index in [1.54, 1.807) is 13.0 Å². The zero-order chi connectivity index (χ0) is 23.2. The van der Waals surface area contributed by atoms with E-state index in [-0.39, 0.29) is 5.41 Å². The molecule has 0 saturated heterocycles. The molecule has 30 heavy (non-hydrogen) atoms. The van der Waals surface area contributed by atoms with E-state index >= 15 is 0 Å². The molecule has 1 unspecified atom stereocenters. The third-order valence-electron chi connectivity index (χ3n) is 5.05. The van der Waals surface area contributed by atoms with Gasteiger partial charge in [0.05, 0.1) is 5.60 Å². The predicted molar refractivity (Wildman–Crippen MR) is 132 cm³/mol. The van der Waals surface area contributed by atoms with Gasteiger partial charge in [0.25, 0.3) is 0 Å². The largest absolute Gasteiger partial charge is 0.386 e. The number of hydrogen-bond donors (Lipinski definition) is 1.